The van der Waals surface area contributed by atoms with Gasteiger partial charge < -0.3 is 15.2 Å². The molecular weight excluding hydrogens is 282 g/mol. The van der Waals surface area contributed by atoms with E-state index >= 15 is 0 Å². The van der Waals surface area contributed by atoms with Gasteiger partial charge in [0, 0.05) is 36.0 Å². The van der Waals surface area contributed by atoms with Gasteiger partial charge in [-0.2, -0.15) is 0 Å². The Bertz CT molecular complexity index is 331. The van der Waals surface area contributed by atoms with Crippen LogP contribution in [0, 0.1) is 0 Å². The lowest BCUT2D eigenvalue weighted by molar-refractivity contribution is 0.185. The highest BCUT2D eigenvalue weighted by Gasteiger charge is 2.05. The average Bonchev–Trinajstić information content (AvgIpc) is 2.33. The van der Waals surface area contributed by atoms with Crippen LogP contribution in [0.3, 0.4) is 0 Å². The molecule has 2 N–H and O–H groups in total. The van der Waals surface area contributed by atoms with Crippen LogP contribution in [-0.4, -0.2) is 25.4 Å². The van der Waals surface area contributed by atoms with E-state index in [-0.39, 0.29) is 6.61 Å². The third-order valence-corrected chi connectivity index (χ3v) is 3.30. The van der Waals surface area contributed by atoms with E-state index in [9.17, 15) is 0 Å². The summed E-state index contributed by atoms with van der Waals surface area (Å²) in [5.41, 5.74) is 2.27. The normalized spacial score (nSPS) is 10.5. The molecule has 1 aromatic carbocycles. The fraction of sp³-hybridized carbons (Fsp3) is 0.538. The zero-order valence-electron chi connectivity index (χ0n) is 10.2. The molecule has 0 aliphatic rings. The second-order valence-electron chi connectivity index (χ2n) is 3.91. The van der Waals surface area contributed by atoms with E-state index in [1.807, 2.05) is 12.1 Å². The fourth-order valence-corrected chi connectivity index (χ4v) is 2.13. The molecule has 0 amide bonds. The largest absolute Gasteiger partial charge is 0.396 e. The summed E-state index contributed by atoms with van der Waals surface area (Å²) in [6.07, 6.45) is 3.00. The Balaban J connectivity index is 2.48. The zero-order chi connectivity index (χ0) is 12.5. The van der Waals surface area contributed by atoms with Crippen molar-refractivity contribution in [2.45, 2.75) is 25.9 Å². The maximum absolute atomic E-state index is 8.69. The Hall–Kier alpha value is -0.580. The van der Waals surface area contributed by atoms with E-state index < -0.39 is 0 Å². The molecule has 0 aliphatic heterocycles. The van der Waals surface area contributed by atoms with Crippen LogP contribution in [0.4, 0.5) is 5.69 Å². The summed E-state index contributed by atoms with van der Waals surface area (Å²) in [5.74, 6) is 0. The number of hydrogen-bond donors (Lipinski definition) is 2. The number of aliphatic hydroxyl groups is 1. The lowest BCUT2D eigenvalue weighted by atomic mass is 10.1. The Morgan fingerprint density at radius 1 is 1.29 bits per heavy atom. The van der Waals surface area contributed by atoms with Crippen LogP contribution in [0.15, 0.2) is 22.7 Å². The quantitative estimate of drug-likeness (QED) is 0.725. The molecule has 3 nitrogen and oxygen atoms in total. The number of aliphatic hydroxyl groups excluding tert-OH is 1. The minimum Gasteiger partial charge on any atom is -0.396 e. The highest BCUT2D eigenvalue weighted by Crippen LogP contribution is 2.25. The Labute approximate surface area is 111 Å². The predicted molar refractivity (Wildman–Crippen MR) is 74.3 cm³/mol. The first-order chi connectivity index (χ1) is 8.29. The highest BCUT2D eigenvalue weighted by atomic mass is 79.9. The summed E-state index contributed by atoms with van der Waals surface area (Å²) in [4.78, 5) is 0. The van der Waals surface area contributed by atoms with Gasteiger partial charge in [-0.05, 0) is 31.4 Å². The summed E-state index contributed by atoms with van der Waals surface area (Å²) in [5, 5.41) is 12.1. The second kappa shape index (κ2) is 8.50. The van der Waals surface area contributed by atoms with Crippen molar-refractivity contribution in [3.8, 4) is 0 Å². The monoisotopic (exact) mass is 301 g/mol. The number of ether oxygens (including phenoxy) is 1. The molecular formula is C13H20BrNO2. The standard InChI is InChI=1S/C13H20BrNO2/c1-17-10-11-12(14)6-5-7-13(11)15-8-3-2-4-9-16/h5-7,15-16H,2-4,8-10H2,1H3. The summed E-state index contributed by atoms with van der Waals surface area (Å²) in [6.45, 7) is 1.80. The molecule has 0 unspecified atom stereocenters. The van der Waals surface area contributed by atoms with Gasteiger partial charge in [0.1, 0.15) is 0 Å². The summed E-state index contributed by atoms with van der Waals surface area (Å²) in [7, 11) is 1.70. The number of nitrogens with one attached hydrogen (secondary N) is 1. The molecule has 0 fully saturated rings. The molecule has 0 saturated carbocycles. The van der Waals surface area contributed by atoms with Gasteiger partial charge in [-0.25, -0.2) is 0 Å². The smallest absolute Gasteiger partial charge is 0.0744 e. The number of hydrogen-bond acceptors (Lipinski definition) is 3. The molecule has 0 atom stereocenters. The highest BCUT2D eigenvalue weighted by molar-refractivity contribution is 9.10. The Morgan fingerprint density at radius 3 is 2.82 bits per heavy atom. The minimum absolute atomic E-state index is 0.284. The van der Waals surface area contributed by atoms with Gasteiger partial charge in [0.05, 0.1) is 6.61 Å². The van der Waals surface area contributed by atoms with Crippen LogP contribution in [0.5, 0.6) is 0 Å². The number of unbranched alkanes of at least 4 members (excludes halogenated alkanes) is 2. The van der Waals surface area contributed by atoms with Crippen LogP contribution in [-0.2, 0) is 11.3 Å². The molecule has 17 heavy (non-hydrogen) atoms. The molecule has 0 heterocycles. The molecule has 1 aromatic rings. The van der Waals surface area contributed by atoms with Crippen LogP contribution < -0.4 is 5.32 Å². The van der Waals surface area contributed by atoms with Gasteiger partial charge in [0.25, 0.3) is 0 Å². The average molecular weight is 302 g/mol. The van der Waals surface area contributed by atoms with Crippen molar-refractivity contribution in [1.82, 2.24) is 0 Å². The van der Waals surface area contributed by atoms with Crippen molar-refractivity contribution >= 4 is 21.6 Å². The van der Waals surface area contributed by atoms with E-state index in [1.165, 1.54) is 0 Å². The van der Waals surface area contributed by atoms with Gasteiger partial charge in [0.15, 0.2) is 0 Å². The van der Waals surface area contributed by atoms with E-state index in [0.29, 0.717) is 6.61 Å². The first-order valence-corrected chi connectivity index (χ1v) is 6.70. The SMILES string of the molecule is COCc1c(Br)cccc1NCCCCCO. The van der Waals surface area contributed by atoms with Gasteiger partial charge in [-0.1, -0.05) is 22.0 Å². The van der Waals surface area contributed by atoms with Gasteiger partial charge >= 0.3 is 0 Å². The molecule has 1 rings (SSSR count). The summed E-state index contributed by atoms with van der Waals surface area (Å²) < 4.78 is 6.26. The van der Waals surface area contributed by atoms with E-state index in [4.69, 9.17) is 9.84 Å². The van der Waals surface area contributed by atoms with Crippen molar-refractivity contribution in [2.24, 2.45) is 0 Å². The minimum atomic E-state index is 0.284. The summed E-state index contributed by atoms with van der Waals surface area (Å²) >= 11 is 3.53. The maximum Gasteiger partial charge on any atom is 0.0744 e. The van der Waals surface area contributed by atoms with E-state index in [2.05, 4.69) is 27.3 Å². The van der Waals surface area contributed by atoms with Gasteiger partial charge in [0.2, 0.25) is 0 Å². The van der Waals surface area contributed by atoms with E-state index in [1.54, 1.807) is 7.11 Å². The molecule has 0 saturated heterocycles. The first kappa shape index (κ1) is 14.5. The maximum atomic E-state index is 8.69. The van der Waals surface area contributed by atoms with Crippen molar-refractivity contribution in [2.75, 3.05) is 25.6 Å². The topological polar surface area (TPSA) is 41.5 Å². The van der Waals surface area contributed by atoms with Gasteiger partial charge in [-0.15, -0.1) is 0 Å². The number of anilines is 1. The van der Waals surface area contributed by atoms with Crippen LogP contribution in [0.1, 0.15) is 24.8 Å². The van der Waals surface area contributed by atoms with Crippen LogP contribution >= 0.6 is 15.9 Å². The molecule has 96 valence electrons. The Kier molecular flexibility index (Phi) is 7.24. The second-order valence-corrected chi connectivity index (χ2v) is 4.76. The van der Waals surface area contributed by atoms with Crippen LogP contribution in [0.2, 0.25) is 0 Å². The molecule has 0 bridgehead atoms. The molecule has 0 aliphatic carbocycles. The lowest BCUT2D eigenvalue weighted by Crippen LogP contribution is -2.05. The molecule has 0 aromatic heterocycles. The fourth-order valence-electron chi connectivity index (χ4n) is 1.65. The van der Waals surface area contributed by atoms with Crippen molar-refractivity contribution in [3.63, 3.8) is 0 Å². The molecule has 4 heteroatoms. The first-order valence-electron chi connectivity index (χ1n) is 5.90. The van der Waals surface area contributed by atoms with Crippen molar-refractivity contribution in [3.05, 3.63) is 28.2 Å². The zero-order valence-corrected chi connectivity index (χ0v) is 11.8. The van der Waals surface area contributed by atoms with E-state index in [0.717, 1.165) is 41.5 Å². The van der Waals surface area contributed by atoms with Crippen molar-refractivity contribution in [1.29, 1.82) is 0 Å². The lowest BCUT2D eigenvalue weighted by Gasteiger charge is -2.13. The molecule has 0 spiro atoms. The van der Waals surface area contributed by atoms with Crippen LogP contribution in [0.25, 0.3) is 0 Å². The summed E-state index contributed by atoms with van der Waals surface area (Å²) in [6, 6.07) is 6.09. The number of halogens is 1. The third-order valence-electron chi connectivity index (χ3n) is 2.56. The number of methoxy groups -OCH3 is 1. The molecule has 0 radical (unpaired) electrons. The predicted octanol–water partition coefficient (Wildman–Crippen LogP) is 3.17. The third kappa shape index (κ3) is 5.06. The van der Waals surface area contributed by atoms with Gasteiger partial charge in [-0.3, -0.25) is 0 Å². The van der Waals surface area contributed by atoms with Crippen molar-refractivity contribution < 1.29 is 9.84 Å². The Morgan fingerprint density at radius 2 is 2.12 bits per heavy atom. The number of rotatable bonds is 8. The number of benzene rings is 1.